The second kappa shape index (κ2) is 4.73. The molecule has 0 spiro atoms. The average Bonchev–Trinajstić information content (AvgIpc) is 2.86. The molecular weight excluding hydrogens is 200 g/mol. The molecule has 3 atom stereocenters. The number of fused-ring (bicyclic) bond motifs is 2. The molecular formula is C13H22N2O. The molecule has 3 nitrogen and oxygen atoms in total. The predicted molar refractivity (Wildman–Crippen MR) is 62.9 cm³/mol. The third-order valence-electron chi connectivity index (χ3n) is 3.79. The van der Waals surface area contributed by atoms with Gasteiger partial charge in [-0.3, -0.25) is 0 Å². The molecule has 2 rings (SSSR count). The van der Waals surface area contributed by atoms with Crippen molar-refractivity contribution in [3.63, 3.8) is 0 Å². The van der Waals surface area contributed by atoms with E-state index in [9.17, 15) is 0 Å². The molecule has 2 heterocycles. The van der Waals surface area contributed by atoms with Crippen LogP contribution in [0.4, 0.5) is 0 Å². The Morgan fingerprint density at radius 1 is 1.44 bits per heavy atom. The summed E-state index contributed by atoms with van der Waals surface area (Å²) in [6.45, 7) is 5.03. The van der Waals surface area contributed by atoms with Crippen LogP contribution in [0.5, 0.6) is 0 Å². The smallest absolute Gasteiger partial charge is 0.0733 e. The molecule has 2 saturated heterocycles. The van der Waals surface area contributed by atoms with Gasteiger partial charge in [0.05, 0.1) is 23.7 Å². The largest absolute Gasteiger partial charge is 0.373 e. The standard InChI is InChI=1S/C13H22N2O/c1-13(2,9-14)6-3-7-15-11-8-10-4-5-12(11)16-10/h10-12,15H,3-8H2,1-2H3. The van der Waals surface area contributed by atoms with Crippen molar-refractivity contribution in [2.75, 3.05) is 6.54 Å². The topological polar surface area (TPSA) is 45.0 Å². The number of nitriles is 1. The van der Waals surface area contributed by atoms with Gasteiger partial charge in [-0.25, -0.2) is 0 Å². The second-order valence-electron chi connectivity index (χ2n) is 5.77. The lowest BCUT2D eigenvalue weighted by Crippen LogP contribution is -2.38. The number of nitrogens with one attached hydrogen (secondary N) is 1. The Kier molecular flexibility index (Phi) is 3.51. The highest BCUT2D eigenvalue weighted by Gasteiger charge is 2.40. The van der Waals surface area contributed by atoms with Gasteiger partial charge in [-0.2, -0.15) is 5.26 Å². The maximum Gasteiger partial charge on any atom is 0.0733 e. The molecule has 2 aliphatic heterocycles. The number of hydrogen-bond acceptors (Lipinski definition) is 3. The summed E-state index contributed by atoms with van der Waals surface area (Å²) < 4.78 is 5.79. The Morgan fingerprint density at radius 3 is 2.81 bits per heavy atom. The number of rotatable bonds is 5. The zero-order valence-corrected chi connectivity index (χ0v) is 10.3. The molecule has 2 bridgehead atoms. The lowest BCUT2D eigenvalue weighted by molar-refractivity contribution is 0.0974. The van der Waals surface area contributed by atoms with Gasteiger partial charge in [0, 0.05) is 6.04 Å². The van der Waals surface area contributed by atoms with Crippen LogP contribution in [-0.2, 0) is 4.74 Å². The van der Waals surface area contributed by atoms with E-state index in [0.717, 1.165) is 19.4 Å². The molecule has 0 aliphatic carbocycles. The van der Waals surface area contributed by atoms with Gasteiger partial charge >= 0.3 is 0 Å². The van der Waals surface area contributed by atoms with Gasteiger partial charge in [0.2, 0.25) is 0 Å². The SMILES string of the molecule is CC(C)(C#N)CCCNC1CC2CCC1O2. The summed E-state index contributed by atoms with van der Waals surface area (Å²) >= 11 is 0. The lowest BCUT2D eigenvalue weighted by atomic mass is 9.89. The van der Waals surface area contributed by atoms with Crippen molar-refractivity contribution in [3.05, 3.63) is 0 Å². The molecule has 3 unspecified atom stereocenters. The Balaban J connectivity index is 1.61. The van der Waals surface area contributed by atoms with Crippen LogP contribution < -0.4 is 5.32 Å². The van der Waals surface area contributed by atoms with Crippen LogP contribution in [0.25, 0.3) is 0 Å². The van der Waals surface area contributed by atoms with Crippen molar-refractivity contribution in [1.82, 2.24) is 5.32 Å². The summed E-state index contributed by atoms with van der Waals surface area (Å²) in [7, 11) is 0. The molecule has 0 radical (unpaired) electrons. The predicted octanol–water partition coefficient (Wildman–Crippen LogP) is 2.23. The van der Waals surface area contributed by atoms with Gasteiger partial charge in [0.15, 0.2) is 0 Å². The van der Waals surface area contributed by atoms with E-state index in [1.807, 2.05) is 13.8 Å². The highest BCUT2D eigenvalue weighted by atomic mass is 16.5. The van der Waals surface area contributed by atoms with Crippen LogP contribution >= 0.6 is 0 Å². The van der Waals surface area contributed by atoms with Crippen LogP contribution in [0.15, 0.2) is 0 Å². The van der Waals surface area contributed by atoms with Gasteiger partial charge < -0.3 is 10.1 Å². The van der Waals surface area contributed by atoms with Crippen molar-refractivity contribution in [2.45, 2.75) is 64.2 Å². The summed E-state index contributed by atoms with van der Waals surface area (Å²) in [4.78, 5) is 0. The minimum atomic E-state index is -0.174. The molecule has 0 amide bonds. The van der Waals surface area contributed by atoms with E-state index in [2.05, 4.69) is 11.4 Å². The van der Waals surface area contributed by atoms with Crippen LogP contribution in [0.2, 0.25) is 0 Å². The molecule has 2 aliphatic rings. The first-order valence-corrected chi connectivity index (χ1v) is 6.41. The fraction of sp³-hybridized carbons (Fsp3) is 0.923. The Labute approximate surface area is 98.2 Å². The van der Waals surface area contributed by atoms with Crippen molar-refractivity contribution >= 4 is 0 Å². The van der Waals surface area contributed by atoms with E-state index in [-0.39, 0.29) is 5.41 Å². The Bertz CT molecular complexity index is 282. The Morgan fingerprint density at radius 2 is 2.25 bits per heavy atom. The van der Waals surface area contributed by atoms with Gasteiger partial charge in [-0.1, -0.05) is 0 Å². The summed E-state index contributed by atoms with van der Waals surface area (Å²) in [6, 6.07) is 2.92. The molecule has 2 fully saturated rings. The number of hydrogen-bond donors (Lipinski definition) is 1. The third-order valence-corrected chi connectivity index (χ3v) is 3.79. The summed E-state index contributed by atoms with van der Waals surface area (Å²) in [5.74, 6) is 0. The maximum absolute atomic E-state index is 8.90. The zero-order valence-electron chi connectivity index (χ0n) is 10.3. The van der Waals surface area contributed by atoms with Crippen molar-refractivity contribution in [3.8, 4) is 6.07 Å². The van der Waals surface area contributed by atoms with Gasteiger partial charge in [0.1, 0.15) is 0 Å². The van der Waals surface area contributed by atoms with E-state index in [4.69, 9.17) is 10.00 Å². The zero-order chi connectivity index (χ0) is 11.6. The van der Waals surface area contributed by atoms with Crippen LogP contribution in [0, 0.1) is 16.7 Å². The Hall–Kier alpha value is -0.590. The molecule has 90 valence electrons. The van der Waals surface area contributed by atoms with Crippen LogP contribution in [0.3, 0.4) is 0 Å². The molecule has 0 saturated carbocycles. The average molecular weight is 222 g/mol. The minimum absolute atomic E-state index is 0.174. The van der Waals surface area contributed by atoms with Crippen LogP contribution in [0.1, 0.15) is 46.0 Å². The van der Waals surface area contributed by atoms with Gasteiger partial charge in [-0.15, -0.1) is 0 Å². The maximum atomic E-state index is 8.90. The minimum Gasteiger partial charge on any atom is -0.373 e. The number of ether oxygens (including phenoxy) is 1. The second-order valence-corrected chi connectivity index (χ2v) is 5.77. The van der Waals surface area contributed by atoms with E-state index >= 15 is 0 Å². The first-order valence-electron chi connectivity index (χ1n) is 6.41. The quantitative estimate of drug-likeness (QED) is 0.725. The molecule has 0 aromatic rings. The molecule has 3 heteroatoms. The lowest BCUT2D eigenvalue weighted by Gasteiger charge is -2.21. The van der Waals surface area contributed by atoms with Gasteiger partial charge in [-0.05, 0) is 52.5 Å². The normalized spacial score (nSPS) is 32.9. The first kappa shape index (κ1) is 11.9. The molecule has 0 aromatic carbocycles. The van der Waals surface area contributed by atoms with E-state index in [1.54, 1.807) is 0 Å². The van der Waals surface area contributed by atoms with Crippen LogP contribution in [-0.4, -0.2) is 24.8 Å². The van der Waals surface area contributed by atoms with E-state index < -0.39 is 0 Å². The fourth-order valence-corrected chi connectivity index (χ4v) is 2.73. The third kappa shape index (κ3) is 2.75. The molecule has 0 aromatic heterocycles. The summed E-state index contributed by atoms with van der Waals surface area (Å²) in [5, 5.41) is 12.5. The number of nitrogens with zero attached hydrogens (tertiary/aromatic N) is 1. The van der Waals surface area contributed by atoms with Gasteiger partial charge in [0.25, 0.3) is 0 Å². The van der Waals surface area contributed by atoms with Crippen molar-refractivity contribution < 1.29 is 4.74 Å². The van der Waals surface area contributed by atoms with E-state index in [0.29, 0.717) is 18.2 Å². The molecule has 16 heavy (non-hydrogen) atoms. The molecule has 1 N–H and O–H groups in total. The fourth-order valence-electron chi connectivity index (χ4n) is 2.73. The monoisotopic (exact) mass is 222 g/mol. The van der Waals surface area contributed by atoms with Crippen molar-refractivity contribution in [1.29, 1.82) is 5.26 Å². The summed E-state index contributed by atoms with van der Waals surface area (Å²) in [6.07, 6.45) is 6.71. The van der Waals surface area contributed by atoms with Crippen molar-refractivity contribution in [2.24, 2.45) is 5.41 Å². The highest BCUT2D eigenvalue weighted by molar-refractivity contribution is 4.94. The summed E-state index contributed by atoms with van der Waals surface area (Å²) in [5.41, 5.74) is -0.174. The first-order chi connectivity index (χ1) is 7.61. The highest BCUT2D eigenvalue weighted by Crippen LogP contribution is 2.34. The van der Waals surface area contributed by atoms with E-state index in [1.165, 1.54) is 19.3 Å².